The van der Waals surface area contributed by atoms with Crippen molar-refractivity contribution in [2.75, 3.05) is 20.3 Å². The summed E-state index contributed by atoms with van der Waals surface area (Å²) in [4.78, 5) is 50.7. The van der Waals surface area contributed by atoms with E-state index in [1.165, 1.54) is 32.2 Å². The number of esters is 2. The number of hydrogen-bond donors (Lipinski definition) is 1. The summed E-state index contributed by atoms with van der Waals surface area (Å²) >= 11 is 0. The van der Waals surface area contributed by atoms with Crippen LogP contribution in [0.5, 0.6) is 11.5 Å². The van der Waals surface area contributed by atoms with Gasteiger partial charge in [-0.05, 0) is 57.7 Å². The molecule has 11 nitrogen and oxygen atoms in total. The van der Waals surface area contributed by atoms with Gasteiger partial charge in [0, 0.05) is 6.42 Å². The van der Waals surface area contributed by atoms with Crippen molar-refractivity contribution in [3.8, 4) is 11.5 Å². The van der Waals surface area contributed by atoms with Crippen LogP contribution in [0, 0.1) is 10.1 Å². The van der Waals surface area contributed by atoms with Crippen LogP contribution in [0.25, 0.3) is 0 Å². The second kappa shape index (κ2) is 15.2. The predicted octanol–water partition coefficient (Wildman–Crippen LogP) is 3.00. The first-order chi connectivity index (χ1) is 15.8. The Kier molecular flexibility index (Phi) is 12.6. The molecule has 33 heavy (non-hydrogen) atoms. The van der Waals surface area contributed by atoms with Gasteiger partial charge >= 0.3 is 11.9 Å². The number of benzene rings is 1. The molecule has 0 radical (unpaired) electrons. The summed E-state index contributed by atoms with van der Waals surface area (Å²) in [7, 11) is 1.35. The van der Waals surface area contributed by atoms with E-state index in [0.29, 0.717) is 25.7 Å². The van der Waals surface area contributed by atoms with E-state index in [1.807, 2.05) is 19.1 Å². The summed E-state index contributed by atoms with van der Waals surface area (Å²) in [6.45, 7) is 3.41. The molecule has 182 valence electrons. The van der Waals surface area contributed by atoms with Crippen LogP contribution in [0.4, 0.5) is 0 Å². The molecule has 0 saturated heterocycles. The van der Waals surface area contributed by atoms with Gasteiger partial charge in [0.25, 0.3) is 5.09 Å². The normalized spacial score (nSPS) is 11.5. The molecule has 0 aliphatic carbocycles. The molecular formula is C22H30N2O9. The highest BCUT2D eigenvalue weighted by Gasteiger charge is 2.20. The number of nitrogens with zero attached hydrogens (tertiary/aromatic N) is 1. The fourth-order valence-electron chi connectivity index (χ4n) is 2.59. The van der Waals surface area contributed by atoms with Crippen LogP contribution in [0.15, 0.2) is 30.4 Å². The third kappa shape index (κ3) is 11.0. The number of hydrogen-bond acceptors (Lipinski definition) is 9. The number of ether oxygens (including phenoxy) is 3. The monoisotopic (exact) mass is 466 g/mol. The number of rotatable bonds is 15. The van der Waals surface area contributed by atoms with Crippen molar-refractivity contribution in [2.24, 2.45) is 0 Å². The summed E-state index contributed by atoms with van der Waals surface area (Å²) in [6.07, 6.45) is 6.38. The summed E-state index contributed by atoms with van der Waals surface area (Å²) in [5.41, 5.74) is 0.177. The van der Waals surface area contributed by atoms with Crippen LogP contribution < -0.4 is 14.8 Å². The lowest BCUT2D eigenvalue weighted by Gasteiger charge is -2.15. The fourth-order valence-corrected chi connectivity index (χ4v) is 2.59. The van der Waals surface area contributed by atoms with Crippen LogP contribution in [0.3, 0.4) is 0 Å². The lowest BCUT2D eigenvalue weighted by molar-refractivity contribution is -0.757. The fraction of sp³-hybridized carbons (Fsp3) is 0.500. The van der Waals surface area contributed by atoms with Gasteiger partial charge in [0.1, 0.15) is 6.04 Å². The number of nitrogens with one attached hydrogen (secondary N) is 1. The minimum atomic E-state index is -0.881. The van der Waals surface area contributed by atoms with Gasteiger partial charge in [0.15, 0.2) is 11.5 Å². The van der Waals surface area contributed by atoms with E-state index in [4.69, 9.17) is 14.2 Å². The van der Waals surface area contributed by atoms with E-state index in [2.05, 4.69) is 10.2 Å². The highest BCUT2D eigenvalue weighted by molar-refractivity contribution is 5.90. The molecule has 0 heterocycles. The molecule has 1 N–H and O–H groups in total. The Morgan fingerprint density at radius 2 is 1.88 bits per heavy atom. The van der Waals surface area contributed by atoms with Crippen molar-refractivity contribution in [2.45, 2.75) is 52.0 Å². The second-order valence-electron chi connectivity index (χ2n) is 6.94. The third-order valence-corrected chi connectivity index (χ3v) is 4.32. The van der Waals surface area contributed by atoms with Gasteiger partial charge in [-0.2, -0.15) is 0 Å². The summed E-state index contributed by atoms with van der Waals surface area (Å²) in [5, 5.41) is 11.8. The van der Waals surface area contributed by atoms with Crippen LogP contribution in [-0.4, -0.2) is 49.3 Å². The van der Waals surface area contributed by atoms with E-state index in [-0.39, 0.29) is 36.2 Å². The Labute approximate surface area is 192 Å². The van der Waals surface area contributed by atoms with Crippen LogP contribution in [0.1, 0.15) is 56.3 Å². The van der Waals surface area contributed by atoms with Gasteiger partial charge in [0.2, 0.25) is 5.91 Å². The van der Waals surface area contributed by atoms with Crippen molar-refractivity contribution in [1.82, 2.24) is 5.32 Å². The minimum Gasteiger partial charge on any atom is -0.493 e. The standard InChI is InChI=1S/C22H30N2O9/c1-4-5-6-7-10-20(25)23-16(2)21(26)33-18-12-11-17(15-19(18)30-3)22(27)31-13-8-9-14-32-24(28)29/h4-5,11-12,15-16H,6-10,13-14H2,1-3H3,(H,23,25)/b5-4-. The van der Waals surface area contributed by atoms with E-state index < -0.39 is 23.1 Å². The van der Waals surface area contributed by atoms with E-state index in [0.717, 1.165) is 6.42 Å². The predicted molar refractivity (Wildman–Crippen MR) is 117 cm³/mol. The molecular weight excluding hydrogens is 436 g/mol. The Bertz CT molecular complexity index is 839. The molecule has 0 aliphatic rings. The van der Waals surface area contributed by atoms with Crippen LogP contribution >= 0.6 is 0 Å². The summed E-state index contributed by atoms with van der Waals surface area (Å²) in [6, 6.07) is 3.30. The molecule has 1 amide bonds. The van der Waals surface area contributed by atoms with Crippen molar-refractivity contribution in [3.63, 3.8) is 0 Å². The number of unbranched alkanes of at least 4 members (excludes halogenated alkanes) is 2. The molecule has 1 atom stereocenters. The molecule has 1 unspecified atom stereocenters. The van der Waals surface area contributed by atoms with Crippen LogP contribution in [-0.2, 0) is 19.2 Å². The van der Waals surface area contributed by atoms with Gasteiger partial charge in [-0.25, -0.2) is 9.59 Å². The quantitative estimate of drug-likeness (QED) is 0.103. The van der Waals surface area contributed by atoms with Gasteiger partial charge in [-0.1, -0.05) is 12.2 Å². The van der Waals surface area contributed by atoms with Gasteiger partial charge in [0.05, 0.1) is 25.9 Å². The van der Waals surface area contributed by atoms with Crippen LogP contribution in [0.2, 0.25) is 0 Å². The van der Waals surface area contributed by atoms with Crippen molar-refractivity contribution in [3.05, 3.63) is 46.0 Å². The Balaban J connectivity index is 2.56. The van der Waals surface area contributed by atoms with Crippen molar-refractivity contribution < 1.29 is 38.5 Å². The number of carbonyl (C=O) groups is 3. The molecule has 0 fully saturated rings. The number of allylic oxidation sites excluding steroid dienone is 2. The van der Waals surface area contributed by atoms with Crippen molar-refractivity contribution in [1.29, 1.82) is 0 Å². The Morgan fingerprint density at radius 3 is 2.55 bits per heavy atom. The molecule has 0 aromatic heterocycles. The number of methoxy groups -OCH3 is 1. The van der Waals surface area contributed by atoms with E-state index in [9.17, 15) is 24.5 Å². The van der Waals surface area contributed by atoms with E-state index >= 15 is 0 Å². The lowest BCUT2D eigenvalue weighted by atomic mass is 10.2. The van der Waals surface area contributed by atoms with Gasteiger partial charge < -0.3 is 24.4 Å². The average molecular weight is 466 g/mol. The third-order valence-electron chi connectivity index (χ3n) is 4.32. The first-order valence-corrected chi connectivity index (χ1v) is 10.5. The SMILES string of the molecule is C/C=C\CCCC(=O)NC(C)C(=O)Oc1ccc(C(=O)OCCCCO[N+](=O)[O-])cc1OC. The zero-order chi connectivity index (χ0) is 24.6. The largest absolute Gasteiger partial charge is 0.493 e. The zero-order valence-corrected chi connectivity index (χ0v) is 19.0. The highest BCUT2D eigenvalue weighted by Crippen LogP contribution is 2.28. The maximum Gasteiger partial charge on any atom is 0.338 e. The lowest BCUT2D eigenvalue weighted by Crippen LogP contribution is -2.40. The molecule has 1 rings (SSSR count). The highest BCUT2D eigenvalue weighted by atomic mass is 16.9. The smallest absolute Gasteiger partial charge is 0.338 e. The maximum atomic E-state index is 12.3. The Hall–Kier alpha value is -3.63. The molecule has 0 aliphatic heterocycles. The minimum absolute atomic E-state index is 0.0604. The average Bonchev–Trinajstić information content (AvgIpc) is 2.78. The molecule has 1 aromatic rings. The molecule has 0 spiro atoms. The number of amides is 1. The second-order valence-corrected chi connectivity index (χ2v) is 6.94. The first-order valence-electron chi connectivity index (χ1n) is 10.5. The first kappa shape index (κ1) is 27.4. The Morgan fingerprint density at radius 1 is 1.15 bits per heavy atom. The molecule has 0 saturated carbocycles. The van der Waals surface area contributed by atoms with E-state index in [1.54, 1.807) is 0 Å². The molecule has 11 heteroatoms. The summed E-state index contributed by atoms with van der Waals surface area (Å²) in [5.74, 6) is -1.33. The zero-order valence-electron chi connectivity index (χ0n) is 19.0. The molecule has 0 bridgehead atoms. The summed E-state index contributed by atoms with van der Waals surface area (Å²) < 4.78 is 15.6. The topological polar surface area (TPSA) is 143 Å². The van der Waals surface area contributed by atoms with Gasteiger partial charge in [-0.3, -0.25) is 4.79 Å². The number of carbonyl (C=O) groups excluding carboxylic acids is 3. The van der Waals surface area contributed by atoms with Gasteiger partial charge in [-0.15, -0.1) is 10.1 Å². The maximum absolute atomic E-state index is 12.3. The molecule has 1 aromatic carbocycles. The van der Waals surface area contributed by atoms with Crippen molar-refractivity contribution >= 4 is 17.8 Å².